The molecule has 0 aliphatic heterocycles. The van der Waals surface area contributed by atoms with Crippen LogP contribution in [0.2, 0.25) is 0 Å². The number of nitrogens with zero attached hydrogens (tertiary/aromatic N) is 1. The van der Waals surface area contributed by atoms with E-state index in [0.29, 0.717) is 4.47 Å². The van der Waals surface area contributed by atoms with Gasteiger partial charge in [0.05, 0.1) is 10.7 Å². The second kappa shape index (κ2) is 2.96. The molecule has 0 bridgehead atoms. The van der Waals surface area contributed by atoms with Gasteiger partial charge in [-0.05, 0) is 22.0 Å². The number of carboxylic acid groups (broad SMARTS) is 1. The van der Waals surface area contributed by atoms with Gasteiger partial charge >= 0.3 is 6.09 Å². The lowest BCUT2D eigenvalue weighted by Crippen LogP contribution is -2.23. The molecule has 1 amide bonds. The minimum absolute atomic E-state index is 0.289. The van der Waals surface area contributed by atoms with E-state index in [1.165, 1.54) is 13.3 Å². The molecule has 1 aromatic rings. The fourth-order valence-corrected chi connectivity index (χ4v) is 1.08. The first-order valence-electron chi connectivity index (χ1n) is 2.82. The van der Waals surface area contributed by atoms with Crippen LogP contribution in [0.25, 0.3) is 0 Å². The molecule has 1 N–H and O–H groups in total. The second-order valence-electron chi connectivity index (χ2n) is 1.92. The maximum atomic E-state index is 10.4. The number of rotatable bonds is 1. The van der Waals surface area contributed by atoms with E-state index < -0.39 is 6.09 Å². The zero-order chi connectivity index (χ0) is 8.43. The van der Waals surface area contributed by atoms with Gasteiger partial charge in [-0.1, -0.05) is 0 Å². The van der Waals surface area contributed by atoms with E-state index in [0.717, 1.165) is 4.90 Å². The molecular formula is C6H6BrNO3. The van der Waals surface area contributed by atoms with E-state index in [9.17, 15) is 4.79 Å². The summed E-state index contributed by atoms with van der Waals surface area (Å²) in [5.74, 6) is 0.289. The van der Waals surface area contributed by atoms with Crippen molar-refractivity contribution < 1.29 is 14.3 Å². The van der Waals surface area contributed by atoms with Gasteiger partial charge in [-0.3, -0.25) is 0 Å². The van der Waals surface area contributed by atoms with E-state index in [2.05, 4.69) is 15.9 Å². The van der Waals surface area contributed by atoms with Gasteiger partial charge < -0.3 is 9.52 Å². The summed E-state index contributed by atoms with van der Waals surface area (Å²) in [6, 6.07) is 1.63. The van der Waals surface area contributed by atoms with Gasteiger partial charge in [0, 0.05) is 7.05 Å². The molecule has 0 aliphatic rings. The molecule has 0 saturated heterocycles. The third-order valence-electron chi connectivity index (χ3n) is 1.19. The lowest BCUT2D eigenvalue weighted by atomic mass is 10.6. The molecule has 1 heterocycles. The minimum atomic E-state index is -1.05. The Morgan fingerprint density at radius 1 is 1.82 bits per heavy atom. The van der Waals surface area contributed by atoms with Crippen molar-refractivity contribution in [1.82, 2.24) is 0 Å². The largest absolute Gasteiger partial charge is 0.465 e. The number of carbonyl (C=O) groups is 1. The molecule has 0 aliphatic carbocycles. The Morgan fingerprint density at radius 2 is 2.45 bits per heavy atom. The third-order valence-corrected chi connectivity index (χ3v) is 1.79. The van der Waals surface area contributed by atoms with E-state index >= 15 is 0 Å². The summed E-state index contributed by atoms with van der Waals surface area (Å²) in [6.07, 6.45) is 0.361. The van der Waals surface area contributed by atoms with Crippen molar-refractivity contribution in [2.75, 3.05) is 11.9 Å². The van der Waals surface area contributed by atoms with E-state index in [4.69, 9.17) is 9.52 Å². The molecule has 11 heavy (non-hydrogen) atoms. The quantitative estimate of drug-likeness (QED) is 0.788. The molecule has 1 aromatic heterocycles. The molecule has 0 atom stereocenters. The Labute approximate surface area is 71.5 Å². The minimum Gasteiger partial charge on any atom is -0.465 e. The van der Waals surface area contributed by atoms with Gasteiger partial charge in [0.1, 0.15) is 0 Å². The van der Waals surface area contributed by atoms with Crippen LogP contribution in [0.4, 0.5) is 10.7 Å². The first kappa shape index (κ1) is 8.13. The van der Waals surface area contributed by atoms with Crippen LogP contribution in [-0.2, 0) is 0 Å². The van der Waals surface area contributed by atoms with Crippen LogP contribution in [0.15, 0.2) is 21.2 Å². The molecule has 1 rings (SSSR count). The van der Waals surface area contributed by atoms with Crippen LogP contribution in [-0.4, -0.2) is 18.2 Å². The fraction of sp³-hybridized carbons (Fsp3) is 0.167. The molecule has 0 radical (unpaired) electrons. The van der Waals surface area contributed by atoms with Crippen LogP contribution in [0, 0.1) is 0 Å². The monoisotopic (exact) mass is 219 g/mol. The normalized spacial score (nSPS) is 9.64. The van der Waals surface area contributed by atoms with E-state index in [-0.39, 0.29) is 5.88 Å². The van der Waals surface area contributed by atoms with Crippen LogP contribution in [0.5, 0.6) is 0 Å². The number of anilines is 1. The average Bonchev–Trinajstić information content (AvgIpc) is 2.33. The second-order valence-corrected chi connectivity index (χ2v) is 2.77. The van der Waals surface area contributed by atoms with Crippen molar-refractivity contribution in [3.8, 4) is 0 Å². The Morgan fingerprint density at radius 3 is 2.82 bits per heavy atom. The summed E-state index contributed by atoms with van der Waals surface area (Å²) in [5.41, 5.74) is 0. The van der Waals surface area contributed by atoms with Crippen molar-refractivity contribution in [1.29, 1.82) is 0 Å². The van der Waals surface area contributed by atoms with Crippen LogP contribution >= 0.6 is 15.9 Å². The zero-order valence-electron chi connectivity index (χ0n) is 5.74. The van der Waals surface area contributed by atoms with Crippen LogP contribution < -0.4 is 4.90 Å². The maximum absolute atomic E-state index is 10.4. The standard InChI is InChI=1S/C6H6BrNO3/c1-8(6(9)10)5-4(7)2-3-11-5/h2-3H,1H3,(H,9,10). The van der Waals surface area contributed by atoms with Crippen molar-refractivity contribution in [2.24, 2.45) is 0 Å². The Bertz CT molecular complexity index is 271. The fourth-order valence-electron chi connectivity index (χ4n) is 0.612. The number of hydrogen-bond donors (Lipinski definition) is 1. The third kappa shape index (κ3) is 1.54. The summed E-state index contributed by atoms with van der Waals surface area (Å²) in [7, 11) is 1.41. The summed E-state index contributed by atoms with van der Waals surface area (Å²) in [5, 5.41) is 8.52. The molecule has 0 spiro atoms. The van der Waals surface area contributed by atoms with Crippen molar-refractivity contribution >= 4 is 27.9 Å². The van der Waals surface area contributed by atoms with Crippen molar-refractivity contribution in [2.45, 2.75) is 0 Å². The molecule has 60 valence electrons. The molecule has 0 aromatic carbocycles. The predicted octanol–water partition coefficient (Wildman–Crippen LogP) is 2.16. The number of hydrogen-bond acceptors (Lipinski definition) is 2. The molecule has 4 nitrogen and oxygen atoms in total. The summed E-state index contributed by atoms with van der Waals surface area (Å²) in [4.78, 5) is 11.4. The van der Waals surface area contributed by atoms with Gasteiger partial charge in [-0.25, -0.2) is 9.69 Å². The first-order valence-corrected chi connectivity index (χ1v) is 3.62. The highest BCUT2D eigenvalue weighted by molar-refractivity contribution is 9.10. The Hall–Kier alpha value is -0.970. The average molecular weight is 220 g/mol. The summed E-state index contributed by atoms with van der Waals surface area (Å²) < 4.78 is 5.51. The molecule has 0 saturated carbocycles. The maximum Gasteiger partial charge on any atom is 0.413 e. The lowest BCUT2D eigenvalue weighted by molar-refractivity contribution is 0.202. The van der Waals surface area contributed by atoms with Gasteiger partial charge in [0.25, 0.3) is 0 Å². The highest BCUT2D eigenvalue weighted by atomic mass is 79.9. The first-order chi connectivity index (χ1) is 5.13. The molecular weight excluding hydrogens is 214 g/mol. The van der Waals surface area contributed by atoms with Crippen LogP contribution in [0.1, 0.15) is 0 Å². The predicted molar refractivity (Wildman–Crippen MR) is 42.8 cm³/mol. The topological polar surface area (TPSA) is 53.7 Å². The van der Waals surface area contributed by atoms with Gasteiger partial charge in [0.2, 0.25) is 5.88 Å². The van der Waals surface area contributed by atoms with Crippen molar-refractivity contribution in [3.05, 3.63) is 16.8 Å². The van der Waals surface area contributed by atoms with Gasteiger partial charge in [-0.2, -0.15) is 0 Å². The van der Waals surface area contributed by atoms with E-state index in [1.807, 2.05) is 0 Å². The smallest absolute Gasteiger partial charge is 0.413 e. The van der Waals surface area contributed by atoms with E-state index in [1.54, 1.807) is 6.07 Å². The summed E-state index contributed by atoms with van der Waals surface area (Å²) in [6.45, 7) is 0. The Balaban J connectivity index is 2.92. The molecule has 0 fully saturated rings. The SMILES string of the molecule is CN(C(=O)O)c1occc1Br. The zero-order valence-corrected chi connectivity index (χ0v) is 7.33. The van der Waals surface area contributed by atoms with Gasteiger partial charge in [0.15, 0.2) is 0 Å². The Kier molecular flexibility index (Phi) is 2.19. The number of furan rings is 1. The lowest BCUT2D eigenvalue weighted by Gasteiger charge is -2.08. The van der Waals surface area contributed by atoms with Crippen LogP contribution in [0.3, 0.4) is 0 Å². The highest BCUT2D eigenvalue weighted by Gasteiger charge is 2.14. The summed E-state index contributed by atoms with van der Waals surface area (Å²) >= 11 is 3.14. The highest BCUT2D eigenvalue weighted by Crippen LogP contribution is 2.25. The van der Waals surface area contributed by atoms with Crippen molar-refractivity contribution in [3.63, 3.8) is 0 Å². The molecule has 0 unspecified atom stereocenters. The number of halogens is 1. The number of amides is 1. The molecule has 5 heteroatoms. The van der Waals surface area contributed by atoms with Gasteiger partial charge in [-0.15, -0.1) is 0 Å².